The van der Waals surface area contributed by atoms with Crippen LogP contribution in [-0.2, 0) is 11.3 Å². The molecule has 1 aromatic rings. The molecule has 1 aliphatic rings. The Morgan fingerprint density at radius 2 is 2.21 bits per heavy atom. The first-order chi connectivity index (χ1) is 9.04. The Bertz CT molecular complexity index is 442. The van der Waals surface area contributed by atoms with Gasteiger partial charge in [0.05, 0.1) is 6.10 Å². The zero-order valence-electron chi connectivity index (χ0n) is 12.1. The van der Waals surface area contributed by atoms with Gasteiger partial charge < -0.3 is 4.74 Å². The molecule has 3 heteroatoms. The summed E-state index contributed by atoms with van der Waals surface area (Å²) in [5, 5.41) is 0. The molecule has 0 N–H and O–H groups in total. The van der Waals surface area contributed by atoms with Crippen LogP contribution >= 0.6 is 0 Å². The van der Waals surface area contributed by atoms with E-state index in [4.69, 9.17) is 4.74 Å². The third kappa shape index (κ3) is 4.06. The molecule has 2 rings (SSSR count). The van der Waals surface area contributed by atoms with Crippen molar-refractivity contribution in [3.05, 3.63) is 29.8 Å². The molecule has 1 fully saturated rings. The molecule has 0 radical (unpaired) electrons. The van der Waals surface area contributed by atoms with Gasteiger partial charge in [-0.2, -0.15) is 0 Å². The lowest BCUT2D eigenvalue weighted by Gasteiger charge is -2.32. The van der Waals surface area contributed by atoms with E-state index in [0.717, 1.165) is 18.8 Å². The van der Waals surface area contributed by atoms with Crippen LogP contribution < -0.4 is 4.74 Å². The van der Waals surface area contributed by atoms with Crippen molar-refractivity contribution in [3.8, 4) is 5.75 Å². The first-order valence-corrected chi connectivity index (χ1v) is 7.06. The standard InChI is InChI=1S/C16H23NO2/c1-12(2)19-16-6-4-5-14(10-16)11-17-8-7-15(18)9-13(17)3/h4-6,10,12-13H,7-9,11H2,1-3H3. The van der Waals surface area contributed by atoms with E-state index in [1.807, 2.05) is 26.0 Å². The zero-order chi connectivity index (χ0) is 13.8. The van der Waals surface area contributed by atoms with E-state index < -0.39 is 0 Å². The van der Waals surface area contributed by atoms with E-state index in [1.165, 1.54) is 5.56 Å². The molecule has 104 valence electrons. The van der Waals surface area contributed by atoms with Gasteiger partial charge in [-0.15, -0.1) is 0 Å². The minimum Gasteiger partial charge on any atom is -0.491 e. The van der Waals surface area contributed by atoms with E-state index in [-0.39, 0.29) is 6.10 Å². The smallest absolute Gasteiger partial charge is 0.135 e. The van der Waals surface area contributed by atoms with E-state index >= 15 is 0 Å². The second kappa shape index (κ2) is 6.20. The molecule has 19 heavy (non-hydrogen) atoms. The highest BCUT2D eigenvalue weighted by molar-refractivity contribution is 5.79. The average Bonchev–Trinajstić information content (AvgIpc) is 2.32. The number of benzene rings is 1. The van der Waals surface area contributed by atoms with E-state index in [0.29, 0.717) is 24.7 Å². The van der Waals surface area contributed by atoms with Crippen molar-refractivity contribution < 1.29 is 9.53 Å². The Hall–Kier alpha value is -1.35. The number of likely N-dealkylation sites (tertiary alicyclic amines) is 1. The highest BCUT2D eigenvalue weighted by Gasteiger charge is 2.23. The van der Waals surface area contributed by atoms with Crippen LogP contribution in [-0.4, -0.2) is 29.4 Å². The van der Waals surface area contributed by atoms with Crippen LogP contribution in [0.5, 0.6) is 5.75 Å². The molecule has 0 amide bonds. The van der Waals surface area contributed by atoms with Crippen LogP contribution in [0.1, 0.15) is 39.2 Å². The molecule has 0 spiro atoms. The molecule has 0 aliphatic carbocycles. The van der Waals surface area contributed by atoms with E-state index in [9.17, 15) is 4.79 Å². The molecule has 3 nitrogen and oxygen atoms in total. The van der Waals surface area contributed by atoms with Gasteiger partial charge in [0, 0.05) is 32.0 Å². The zero-order valence-corrected chi connectivity index (χ0v) is 12.1. The molecule has 0 bridgehead atoms. The van der Waals surface area contributed by atoms with Gasteiger partial charge in [-0.3, -0.25) is 9.69 Å². The van der Waals surface area contributed by atoms with Gasteiger partial charge in [0.15, 0.2) is 0 Å². The van der Waals surface area contributed by atoms with Crippen LogP contribution in [0.25, 0.3) is 0 Å². The number of hydrogen-bond acceptors (Lipinski definition) is 3. The summed E-state index contributed by atoms with van der Waals surface area (Å²) >= 11 is 0. The lowest BCUT2D eigenvalue weighted by atomic mass is 10.0. The predicted molar refractivity (Wildman–Crippen MR) is 76.3 cm³/mol. The first-order valence-electron chi connectivity index (χ1n) is 7.06. The van der Waals surface area contributed by atoms with Crippen molar-refractivity contribution in [2.45, 2.75) is 52.3 Å². The van der Waals surface area contributed by atoms with E-state index in [2.05, 4.69) is 24.0 Å². The molecule has 1 saturated heterocycles. The Morgan fingerprint density at radius 3 is 2.89 bits per heavy atom. The minimum absolute atomic E-state index is 0.196. The Kier molecular flexibility index (Phi) is 4.59. The van der Waals surface area contributed by atoms with Crippen molar-refractivity contribution in [2.75, 3.05) is 6.54 Å². The number of carbonyl (C=O) groups excluding carboxylic acids is 1. The normalized spacial score (nSPS) is 20.8. The molecule has 0 aromatic heterocycles. The Morgan fingerprint density at radius 1 is 1.42 bits per heavy atom. The summed E-state index contributed by atoms with van der Waals surface area (Å²) < 4.78 is 5.72. The van der Waals surface area contributed by atoms with Gasteiger partial charge in [-0.25, -0.2) is 0 Å². The lowest BCUT2D eigenvalue weighted by Crippen LogP contribution is -2.40. The second-order valence-electron chi connectivity index (χ2n) is 5.63. The number of Topliss-reactive ketones (excluding diaryl/α,β-unsaturated/α-hetero) is 1. The summed E-state index contributed by atoms with van der Waals surface area (Å²) in [6.07, 6.45) is 1.57. The van der Waals surface area contributed by atoms with Gasteiger partial charge in [-0.1, -0.05) is 12.1 Å². The number of nitrogens with zero attached hydrogens (tertiary/aromatic N) is 1. The van der Waals surface area contributed by atoms with Gasteiger partial charge in [0.2, 0.25) is 0 Å². The van der Waals surface area contributed by atoms with Crippen LogP contribution in [0.4, 0.5) is 0 Å². The van der Waals surface area contributed by atoms with Crippen molar-refractivity contribution >= 4 is 5.78 Å². The maximum Gasteiger partial charge on any atom is 0.135 e. The van der Waals surface area contributed by atoms with Crippen LogP contribution in [0.3, 0.4) is 0 Å². The largest absolute Gasteiger partial charge is 0.491 e. The van der Waals surface area contributed by atoms with Crippen molar-refractivity contribution in [1.82, 2.24) is 4.90 Å². The third-order valence-electron chi connectivity index (χ3n) is 3.48. The molecular formula is C16H23NO2. The van der Waals surface area contributed by atoms with Gasteiger partial charge >= 0.3 is 0 Å². The molecule has 0 saturated carbocycles. The summed E-state index contributed by atoms with van der Waals surface area (Å²) in [6.45, 7) is 7.96. The number of piperidine rings is 1. The summed E-state index contributed by atoms with van der Waals surface area (Å²) in [4.78, 5) is 13.8. The number of carbonyl (C=O) groups is 1. The van der Waals surface area contributed by atoms with Gasteiger partial charge in [0.25, 0.3) is 0 Å². The fraction of sp³-hybridized carbons (Fsp3) is 0.562. The van der Waals surface area contributed by atoms with Crippen LogP contribution in [0, 0.1) is 0 Å². The molecule has 1 atom stereocenters. The SMILES string of the molecule is CC(C)Oc1cccc(CN2CCC(=O)CC2C)c1. The average molecular weight is 261 g/mol. The summed E-state index contributed by atoms with van der Waals surface area (Å²) in [5.41, 5.74) is 1.25. The Labute approximate surface area is 115 Å². The minimum atomic E-state index is 0.196. The summed E-state index contributed by atoms with van der Waals surface area (Å²) in [6, 6.07) is 8.59. The summed E-state index contributed by atoms with van der Waals surface area (Å²) in [5.74, 6) is 1.31. The first kappa shape index (κ1) is 14.1. The maximum atomic E-state index is 11.4. The van der Waals surface area contributed by atoms with Crippen molar-refractivity contribution in [1.29, 1.82) is 0 Å². The highest BCUT2D eigenvalue weighted by atomic mass is 16.5. The number of ether oxygens (including phenoxy) is 1. The number of hydrogen-bond donors (Lipinski definition) is 0. The van der Waals surface area contributed by atoms with Crippen molar-refractivity contribution in [3.63, 3.8) is 0 Å². The number of ketones is 1. The van der Waals surface area contributed by atoms with E-state index in [1.54, 1.807) is 0 Å². The topological polar surface area (TPSA) is 29.5 Å². The molecule has 1 aromatic carbocycles. The fourth-order valence-corrected chi connectivity index (χ4v) is 2.51. The molecular weight excluding hydrogens is 238 g/mol. The van der Waals surface area contributed by atoms with Crippen LogP contribution in [0.15, 0.2) is 24.3 Å². The quantitative estimate of drug-likeness (QED) is 0.834. The lowest BCUT2D eigenvalue weighted by molar-refractivity contribution is -0.123. The molecule has 1 heterocycles. The van der Waals surface area contributed by atoms with Crippen molar-refractivity contribution in [2.24, 2.45) is 0 Å². The third-order valence-corrected chi connectivity index (χ3v) is 3.48. The second-order valence-corrected chi connectivity index (χ2v) is 5.63. The molecule has 1 aliphatic heterocycles. The summed E-state index contributed by atoms with van der Waals surface area (Å²) in [7, 11) is 0. The van der Waals surface area contributed by atoms with Gasteiger partial charge in [0.1, 0.15) is 11.5 Å². The Balaban J connectivity index is 2.00. The van der Waals surface area contributed by atoms with Crippen LogP contribution in [0.2, 0.25) is 0 Å². The monoisotopic (exact) mass is 261 g/mol. The highest BCUT2D eigenvalue weighted by Crippen LogP contribution is 2.20. The fourth-order valence-electron chi connectivity index (χ4n) is 2.51. The van der Waals surface area contributed by atoms with Gasteiger partial charge in [-0.05, 0) is 38.5 Å². The number of rotatable bonds is 4. The maximum absolute atomic E-state index is 11.4. The molecule has 1 unspecified atom stereocenters. The predicted octanol–water partition coefficient (Wildman–Crippen LogP) is 3.03.